The molecule has 0 heterocycles. The van der Waals surface area contributed by atoms with Crippen LogP contribution in [0.3, 0.4) is 0 Å². The standard InChI is InChI=1S/C3H2F3O3S/c4-3(5,6)10(8,9)2-1-7/h2H2. The molecule has 0 unspecified atom stereocenters. The molecule has 0 atom stereocenters. The van der Waals surface area contributed by atoms with Crippen LogP contribution < -0.4 is 0 Å². The topological polar surface area (TPSA) is 51.2 Å². The largest absolute Gasteiger partial charge is 0.497 e. The molecule has 10 heavy (non-hydrogen) atoms. The maximum atomic E-state index is 11.3. The lowest BCUT2D eigenvalue weighted by atomic mass is 10.9. The van der Waals surface area contributed by atoms with Gasteiger partial charge >= 0.3 is 5.51 Å². The predicted molar refractivity (Wildman–Crippen MR) is 25.5 cm³/mol. The maximum Gasteiger partial charge on any atom is 0.497 e. The second-order valence-electron chi connectivity index (χ2n) is 1.35. The number of hydrogen-bond acceptors (Lipinski definition) is 3. The van der Waals surface area contributed by atoms with E-state index in [1.165, 1.54) is 0 Å². The van der Waals surface area contributed by atoms with Gasteiger partial charge in [0.25, 0.3) is 9.84 Å². The van der Waals surface area contributed by atoms with Gasteiger partial charge in [0.05, 0.1) is 0 Å². The summed E-state index contributed by atoms with van der Waals surface area (Å²) in [6.07, 6.45) is 0.657. The molecule has 0 bridgehead atoms. The summed E-state index contributed by atoms with van der Waals surface area (Å²) >= 11 is 0. The normalized spacial score (nSPS) is 13.1. The molecule has 0 aliphatic heterocycles. The van der Waals surface area contributed by atoms with Crippen LogP contribution in [-0.4, -0.2) is 26.0 Å². The highest BCUT2D eigenvalue weighted by atomic mass is 32.2. The van der Waals surface area contributed by atoms with Crippen molar-refractivity contribution >= 4 is 16.1 Å². The highest BCUT2D eigenvalue weighted by Crippen LogP contribution is 2.22. The van der Waals surface area contributed by atoms with Crippen molar-refractivity contribution in [3.8, 4) is 0 Å². The van der Waals surface area contributed by atoms with Crippen LogP contribution in [-0.2, 0) is 14.6 Å². The average Bonchev–Trinajstić information content (AvgIpc) is 1.61. The van der Waals surface area contributed by atoms with E-state index in [2.05, 4.69) is 0 Å². The molecule has 0 fully saturated rings. The smallest absolute Gasteiger partial charge is 0.290 e. The van der Waals surface area contributed by atoms with E-state index in [0.29, 0.717) is 6.29 Å². The number of hydrogen-bond donors (Lipinski definition) is 0. The third-order valence-electron chi connectivity index (χ3n) is 0.602. The molecule has 0 aliphatic carbocycles. The summed E-state index contributed by atoms with van der Waals surface area (Å²) < 4.78 is 53.5. The fourth-order valence-electron chi connectivity index (χ4n) is 0.159. The zero-order chi connectivity index (χ0) is 8.41. The molecule has 0 N–H and O–H groups in total. The SMILES string of the molecule is O=[C]CS(=O)(=O)C(F)(F)F. The number of carbonyl (C=O) groups excluding carboxylic acids is 1. The summed E-state index contributed by atoms with van der Waals surface area (Å²) in [7, 11) is -5.27. The first-order valence-electron chi connectivity index (χ1n) is 1.95. The summed E-state index contributed by atoms with van der Waals surface area (Å²) in [5.74, 6) is -1.63. The van der Waals surface area contributed by atoms with E-state index in [-0.39, 0.29) is 0 Å². The Kier molecular flexibility index (Phi) is 2.42. The summed E-state index contributed by atoms with van der Waals surface area (Å²) in [5, 5.41) is 0. The average molecular weight is 175 g/mol. The van der Waals surface area contributed by atoms with Gasteiger partial charge in [-0.25, -0.2) is 8.42 Å². The molecule has 0 spiro atoms. The maximum absolute atomic E-state index is 11.3. The molecule has 0 amide bonds. The van der Waals surface area contributed by atoms with Gasteiger partial charge < -0.3 is 0 Å². The Bertz CT molecular complexity index is 214. The van der Waals surface area contributed by atoms with Crippen molar-refractivity contribution in [3.05, 3.63) is 0 Å². The molecular formula is C3H2F3O3S. The van der Waals surface area contributed by atoms with Crippen LogP contribution in [0.25, 0.3) is 0 Å². The van der Waals surface area contributed by atoms with Crippen LogP contribution in [0.4, 0.5) is 13.2 Å². The van der Waals surface area contributed by atoms with Crippen molar-refractivity contribution in [2.75, 3.05) is 5.75 Å². The Morgan fingerprint density at radius 1 is 1.30 bits per heavy atom. The minimum absolute atomic E-state index is 0.657. The number of halogens is 3. The van der Waals surface area contributed by atoms with E-state index in [1.54, 1.807) is 0 Å². The first-order chi connectivity index (χ1) is 4.31. The molecule has 59 valence electrons. The van der Waals surface area contributed by atoms with Crippen molar-refractivity contribution in [2.24, 2.45) is 0 Å². The van der Waals surface area contributed by atoms with Crippen molar-refractivity contribution in [3.63, 3.8) is 0 Å². The van der Waals surface area contributed by atoms with Gasteiger partial charge in [-0.1, -0.05) is 0 Å². The quantitative estimate of drug-likeness (QED) is 0.595. The molecule has 1 radical (unpaired) electrons. The highest BCUT2D eigenvalue weighted by Gasteiger charge is 2.45. The van der Waals surface area contributed by atoms with Crippen LogP contribution in [0.1, 0.15) is 0 Å². The molecule has 0 saturated heterocycles. The third kappa shape index (κ3) is 1.98. The van der Waals surface area contributed by atoms with E-state index < -0.39 is 21.1 Å². The minimum Gasteiger partial charge on any atom is -0.290 e. The third-order valence-corrected chi connectivity index (χ3v) is 1.80. The summed E-state index contributed by atoms with van der Waals surface area (Å²) in [5.41, 5.74) is -5.34. The Morgan fingerprint density at radius 2 is 1.70 bits per heavy atom. The summed E-state index contributed by atoms with van der Waals surface area (Å²) in [4.78, 5) is 9.26. The lowest BCUT2D eigenvalue weighted by molar-refractivity contribution is -0.0432. The Balaban J connectivity index is 4.59. The lowest BCUT2D eigenvalue weighted by Gasteiger charge is -2.02. The van der Waals surface area contributed by atoms with E-state index in [9.17, 15) is 26.4 Å². The zero-order valence-electron chi connectivity index (χ0n) is 4.47. The molecule has 0 aromatic carbocycles. The van der Waals surface area contributed by atoms with E-state index in [1.807, 2.05) is 0 Å². The van der Waals surface area contributed by atoms with Gasteiger partial charge in [0.15, 0.2) is 0 Å². The van der Waals surface area contributed by atoms with Gasteiger partial charge in [-0.2, -0.15) is 13.2 Å². The van der Waals surface area contributed by atoms with Gasteiger partial charge in [0, 0.05) is 0 Å². The zero-order valence-corrected chi connectivity index (χ0v) is 5.29. The first-order valence-corrected chi connectivity index (χ1v) is 3.60. The van der Waals surface area contributed by atoms with Crippen molar-refractivity contribution < 1.29 is 26.4 Å². The summed E-state index contributed by atoms with van der Waals surface area (Å²) in [6, 6.07) is 0. The fourth-order valence-corrected chi connectivity index (χ4v) is 0.478. The Morgan fingerprint density at radius 3 is 1.80 bits per heavy atom. The van der Waals surface area contributed by atoms with Gasteiger partial charge in [0.1, 0.15) is 5.75 Å². The van der Waals surface area contributed by atoms with Crippen LogP contribution in [0.15, 0.2) is 0 Å². The van der Waals surface area contributed by atoms with Gasteiger partial charge in [-0.3, -0.25) is 4.79 Å². The Labute approximate surface area is 54.8 Å². The first kappa shape index (κ1) is 9.41. The van der Waals surface area contributed by atoms with E-state index >= 15 is 0 Å². The molecule has 0 rings (SSSR count). The van der Waals surface area contributed by atoms with Crippen LogP contribution in [0.2, 0.25) is 0 Å². The van der Waals surface area contributed by atoms with Gasteiger partial charge in [0.2, 0.25) is 6.29 Å². The molecule has 0 aromatic heterocycles. The monoisotopic (exact) mass is 175 g/mol. The van der Waals surface area contributed by atoms with Crippen molar-refractivity contribution in [1.29, 1.82) is 0 Å². The van der Waals surface area contributed by atoms with Crippen LogP contribution in [0.5, 0.6) is 0 Å². The molecule has 3 nitrogen and oxygen atoms in total. The van der Waals surface area contributed by atoms with E-state index in [0.717, 1.165) is 0 Å². The van der Waals surface area contributed by atoms with E-state index in [4.69, 9.17) is 0 Å². The molecule has 7 heteroatoms. The highest BCUT2D eigenvalue weighted by molar-refractivity contribution is 7.92. The number of alkyl halides is 3. The molecule has 0 aliphatic rings. The summed E-state index contributed by atoms with van der Waals surface area (Å²) in [6.45, 7) is 0. The predicted octanol–water partition coefficient (Wildman–Crippen LogP) is 0.0307. The number of sulfone groups is 1. The molecule has 0 saturated carbocycles. The van der Waals surface area contributed by atoms with Crippen molar-refractivity contribution in [2.45, 2.75) is 5.51 Å². The fraction of sp³-hybridized carbons (Fsp3) is 0.667. The van der Waals surface area contributed by atoms with Crippen molar-refractivity contribution in [1.82, 2.24) is 0 Å². The second kappa shape index (κ2) is 2.57. The molecular weight excluding hydrogens is 173 g/mol. The van der Waals surface area contributed by atoms with Gasteiger partial charge in [-0.05, 0) is 0 Å². The minimum atomic E-state index is -5.34. The second-order valence-corrected chi connectivity index (χ2v) is 3.33. The number of rotatable bonds is 2. The lowest BCUT2D eigenvalue weighted by Crippen LogP contribution is -2.26. The Hall–Kier alpha value is -0.590. The van der Waals surface area contributed by atoms with Crippen LogP contribution in [0, 0.1) is 0 Å². The molecule has 0 aromatic rings. The van der Waals surface area contributed by atoms with Crippen LogP contribution >= 0.6 is 0 Å². The van der Waals surface area contributed by atoms with Gasteiger partial charge in [-0.15, -0.1) is 0 Å².